The van der Waals surface area contributed by atoms with Gasteiger partial charge in [0.25, 0.3) is 5.91 Å². The molecule has 0 aliphatic carbocycles. The van der Waals surface area contributed by atoms with Crippen LogP contribution >= 0.6 is 0 Å². The first-order valence-corrected chi connectivity index (χ1v) is 7.36. The average Bonchev–Trinajstić information content (AvgIpc) is 2.74. The Hall–Kier alpha value is -1.95. The van der Waals surface area contributed by atoms with Gasteiger partial charge in [0.05, 0.1) is 0 Å². The Bertz CT molecular complexity index is 542. The maximum atomic E-state index is 12.7. The first-order chi connectivity index (χ1) is 10.1. The second kappa shape index (κ2) is 5.44. The van der Waals surface area contributed by atoms with E-state index < -0.39 is 5.54 Å². The normalized spacial score (nSPS) is 29.6. The lowest BCUT2D eigenvalue weighted by atomic mass is 9.93. The molecule has 2 saturated heterocycles. The van der Waals surface area contributed by atoms with Crippen molar-refractivity contribution in [1.82, 2.24) is 20.5 Å². The van der Waals surface area contributed by atoms with Crippen molar-refractivity contribution in [3.8, 4) is 0 Å². The van der Waals surface area contributed by atoms with E-state index in [0.717, 1.165) is 25.9 Å². The topological polar surface area (TPSA) is 74.3 Å². The predicted molar refractivity (Wildman–Crippen MR) is 77.4 cm³/mol. The lowest BCUT2D eigenvalue weighted by Gasteiger charge is -2.27. The van der Waals surface area contributed by atoms with Crippen LogP contribution in [0, 0.1) is 5.92 Å². The van der Waals surface area contributed by atoms with Gasteiger partial charge in [0, 0.05) is 24.5 Å². The molecule has 3 rings (SSSR count). The van der Waals surface area contributed by atoms with E-state index in [9.17, 15) is 9.59 Å². The Kier molecular flexibility index (Phi) is 3.63. The molecule has 1 aromatic heterocycles. The average molecular weight is 288 g/mol. The van der Waals surface area contributed by atoms with Gasteiger partial charge in [0.2, 0.25) is 0 Å². The molecule has 3 amide bonds. The summed E-state index contributed by atoms with van der Waals surface area (Å²) in [5.41, 5.74) is -0.291. The summed E-state index contributed by atoms with van der Waals surface area (Å²) in [6, 6.07) is 3.28. The van der Waals surface area contributed by atoms with Gasteiger partial charge in [0.1, 0.15) is 5.54 Å². The van der Waals surface area contributed by atoms with Crippen molar-refractivity contribution in [3.05, 3.63) is 30.1 Å². The van der Waals surface area contributed by atoms with Crippen molar-refractivity contribution in [3.63, 3.8) is 0 Å². The predicted octanol–water partition coefficient (Wildman–Crippen LogP) is 0.848. The highest BCUT2D eigenvalue weighted by Crippen LogP contribution is 2.29. The summed E-state index contributed by atoms with van der Waals surface area (Å²) >= 11 is 0. The lowest BCUT2D eigenvalue weighted by molar-refractivity contribution is -0.131. The van der Waals surface area contributed by atoms with E-state index in [1.54, 1.807) is 25.4 Å². The number of carbonyl (C=O) groups is 2. The minimum absolute atomic E-state index is 0.189. The van der Waals surface area contributed by atoms with E-state index in [1.807, 2.05) is 6.07 Å². The molecule has 2 aliphatic rings. The van der Waals surface area contributed by atoms with E-state index >= 15 is 0 Å². The fourth-order valence-electron chi connectivity index (χ4n) is 3.05. The Morgan fingerprint density at radius 2 is 2.33 bits per heavy atom. The number of aromatic nitrogens is 1. The molecule has 6 nitrogen and oxygen atoms in total. The van der Waals surface area contributed by atoms with E-state index in [-0.39, 0.29) is 11.9 Å². The lowest BCUT2D eigenvalue weighted by Crippen LogP contribution is -2.43. The van der Waals surface area contributed by atoms with Gasteiger partial charge in [-0.1, -0.05) is 6.07 Å². The smallest absolute Gasteiger partial charge is 0.319 e. The zero-order valence-electron chi connectivity index (χ0n) is 12.1. The molecule has 112 valence electrons. The number of pyridine rings is 1. The number of urea groups is 1. The molecule has 2 fully saturated rings. The van der Waals surface area contributed by atoms with Crippen LogP contribution in [0.1, 0.15) is 25.3 Å². The summed E-state index contributed by atoms with van der Waals surface area (Å²) in [5.74, 6) is 0.149. The summed E-state index contributed by atoms with van der Waals surface area (Å²) in [4.78, 5) is 30.3. The second-order valence-electron chi connectivity index (χ2n) is 5.92. The first kappa shape index (κ1) is 14.0. The van der Waals surface area contributed by atoms with Gasteiger partial charge >= 0.3 is 6.03 Å². The summed E-state index contributed by atoms with van der Waals surface area (Å²) in [5, 5.41) is 6.12. The first-order valence-electron chi connectivity index (χ1n) is 7.36. The van der Waals surface area contributed by atoms with Gasteiger partial charge in [-0.15, -0.1) is 0 Å². The number of carbonyl (C=O) groups excluding carboxylic acids is 2. The van der Waals surface area contributed by atoms with Crippen molar-refractivity contribution in [1.29, 1.82) is 0 Å². The highest BCUT2D eigenvalue weighted by Gasteiger charge is 2.49. The van der Waals surface area contributed by atoms with Crippen LogP contribution in [-0.2, 0) is 10.3 Å². The van der Waals surface area contributed by atoms with E-state index in [1.165, 1.54) is 4.90 Å². The third kappa shape index (κ3) is 2.51. The number of hydrogen-bond donors (Lipinski definition) is 2. The molecule has 2 aliphatic heterocycles. The molecule has 0 bridgehead atoms. The SMILES string of the molecule is CC1(c2cccnc2)NC(=O)N(CC2CCCNC2)C1=O. The molecule has 6 heteroatoms. The van der Waals surface area contributed by atoms with Gasteiger partial charge in [0.15, 0.2) is 0 Å². The molecule has 0 radical (unpaired) electrons. The highest BCUT2D eigenvalue weighted by atomic mass is 16.2. The van der Waals surface area contributed by atoms with Gasteiger partial charge in [-0.2, -0.15) is 0 Å². The molecule has 21 heavy (non-hydrogen) atoms. The minimum atomic E-state index is -1.01. The molecule has 0 spiro atoms. The summed E-state index contributed by atoms with van der Waals surface area (Å²) in [6.07, 6.45) is 5.42. The van der Waals surface area contributed by atoms with Crippen LogP contribution in [0.4, 0.5) is 4.79 Å². The number of rotatable bonds is 3. The number of hydrogen-bond acceptors (Lipinski definition) is 4. The van der Waals surface area contributed by atoms with Gasteiger partial charge in [-0.25, -0.2) is 4.79 Å². The number of nitrogens with one attached hydrogen (secondary N) is 2. The third-order valence-corrected chi connectivity index (χ3v) is 4.35. The minimum Gasteiger partial charge on any atom is -0.319 e. The van der Waals surface area contributed by atoms with E-state index in [4.69, 9.17) is 0 Å². The molecule has 0 aromatic carbocycles. The zero-order valence-corrected chi connectivity index (χ0v) is 12.1. The summed E-state index contributed by atoms with van der Waals surface area (Å²) in [6.45, 7) is 4.10. The maximum absolute atomic E-state index is 12.7. The largest absolute Gasteiger partial charge is 0.325 e. The number of piperidine rings is 1. The molecule has 0 saturated carbocycles. The quantitative estimate of drug-likeness (QED) is 0.809. The number of nitrogens with zero attached hydrogens (tertiary/aromatic N) is 2. The standard InChI is InChI=1S/C15H20N4O2/c1-15(12-5-3-7-17-9-12)13(20)19(14(21)18-15)10-11-4-2-6-16-8-11/h3,5,7,9,11,16H,2,4,6,8,10H2,1H3,(H,18,21). The fourth-order valence-corrected chi connectivity index (χ4v) is 3.05. The van der Waals surface area contributed by atoms with Gasteiger partial charge < -0.3 is 10.6 Å². The number of amides is 3. The van der Waals surface area contributed by atoms with Crippen molar-refractivity contribution in [2.75, 3.05) is 19.6 Å². The third-order valence-electron chi connectivity index (χ3n) is 4.35. The van der Waals surface area contributed by atoms with Crippen molar-refractivity contribution < 1.29 is 9.59 Å². The Labute approximate surface area is 123 Å². The maximum Gasteiger partial charge on any atom is 0.325 e. The Morgan fingerprint density at radius 3 is 3.00 bits per heavy atom. The van der Waals surface area contributed by atoms with Crippen LogP contribution < -0.4 is 10.6 Å². The summed E-state index contributed by atoms with van der Waals surface area (Å²) < 4.78 is 0. The van der Waals surface area contributed by atoms with E-state index in [0.29, 0.717) is 18.0 Å². The van der Waals surface area contributed by atoms with Crippen molar-refractivity contribution in [2.45, 2.75) is 25.3 Å². The molecular weight excluding hydrogens is 268 g/mol. The highest BCUT2D eigenvalue weighted by molar-refractivity contribution is 6.07. The van der Waals surface area contributed by atoms with Crippen LogP contribution in [-0.4, -0.2) is 41.5 Å². The number of imide groups is 1. The van der Waals surface area contributed by atoms with Crippen LogP contribution in [0.25, 0.3) is 0 Å². The van der Waals surface area contributed by atoms with Gasteiger partial charge in [-0.3, -0.25) is 14.7 Å². The Morgan fingerprint density at radius 1 is 1.48 bits per heavy atom. The molecule has 2 unspecified atom stereocenters. The molecule has 2 atom stereocenters. The van der Waals surface area contributed by atoms with Crippen molar-refractivity contribution >= 4 is 11.9 Å². The Balaban J connectivity index is 1.78. The van der Waals surface area contributed by atoms with Crippen molar-refractivity contribution in [2.24, 2.45) is 5.92 Å². The fraction of sp³-hybridized carbons (Fsp3) is 0.533. The van der Waals surface area contributed by atoms with Crippen LogP contribution in [0.5, 0.6) is 0 Å². The zero-order chi connectivity index (χ0) is 14.9. The molecule has 2 N–H and O–H groups in total. The molecule has 1 aromatic rings. The van der Waals surface area contributed by atoms with Crippen LogP contribution in [0.3, 0.4) is 0 Å². The molecule has 3 heterocycles. The van der Waals surface area contributed by atoms with Crippen LogP contribution in [0.15, 0.2) is 24.5 Å². The van der Waals surface area contributed by atoms with Gasteiger partial charge in [-0.05, 0) is 44.8 Å². The van der Waals surface area contributed by atoms with Crippen LogP contribution in [0.2, 0.25) is 0 Å². The second-order valence-corrected chi connectivity index (χ2v) is 5.92. The monoisotopic (exact) mass is 288 g/mol. The molecular formula is C15H20N4O2. The van der Waals surface area contributed by atoms with E-state index in [2.05, 4.69) is 15.6 Å². The summed E-state index contributed by atoms with van der Waals surface area (Å²) in [7, 11) is 0.